The Morgan fingerprint density at radius 1 is 1.00 bits per heavy atom. The van der Waals surface area contributed by atoms with Gasteiger partial charge in [0.25, 0.3) is 0 Å². The molecule has 0 fully saturated rings. The highest BCUT2D eigenvalue weighted by atomic mass is 16.5. The second kappa shape index (κ2) is 16.6. The van der Waals surface area contributed by atoms with Crippen molar-refractivity contribution in [3.8, 4) is 5.75 Å². The van der Waals surface area contributed by atoms with E-state index in [0.717, 1.165) is 49.8 Å². The van der Waals surface area contributed by atoms with Gasteiger partial charge >= 0.3 is 0 Å². The molecule has 2 aliphatic rings. The van der Waals surface area contributed by atoms with E-state index in [2.05, 4.69) is 59.3 Å². The van der Waals surface area contributed by atoms with Gasteiger partial charge in [-0.05, 0) is 68.6 Å². The van der Waals surface area contributed by atoms with Gasteiger partial charge in [-0.2, -0.15) is 0 Å². The summed E-state index contributed by atoms with van der Waals surface area (Å²) in [5.74, 6) is -0.267. The summed E-state index contributed by atoms with van der Waals surface area (Å²) < 4.78 is 6.42. The number of fused-ring (bicyclic) bond motifs is 1. The largest absolute Gasteiger partial charge is 0.489 e. The molecular formula is C35H52N4O5. The SMILES string of the molecule is CCC(C)C1NCC2CCc3cccc(c3O2)CCCNC(=O)CNC(=O)C(C(C)(C)O)N(C)C1=O.CCc1ccccc1. The molecular weight excluding hydrogens is 556 g/mol. The lowest BCUT2D eigenvalue weighted by molar-refractivity contribution is -0.150. The standard InChI is InChI=1S/C27H42N4O5.C8H10/c1-6-17(2)22-26(34)31(5)24(27(3,4)35)25(33)30-16-21(32)28-14-8-11-18-9-7-10-19-12-13-20(15-29-22)36-23(18)19;1-2-8-6-4-3-5-7-8/h7,9-10,17,20,22,24,29,35H,6,8,11-16H2,1-5H3,(H,28,32)(H,30,33);3-7H,2H2,1H3. The minimum atomic E-state index is -1.52. The summed E-state index contributed by atoms with van der Waals surface area (Å²) in [4.78, 5) is 40.4. The number of nitrogens with one attached hydrogen (secondary N) is 3. The number of hydrogen-bond acceptors (Lipinski definition) is 6. The van der Waals surface area contributed by atoms with Crippen molar-refractivity contribution >= 4 is 17.7 Å². The number of carbonyl (C=O) groups is 3. The summed E-state index contributed by atoms with van der Waals surface area (Å²) in [5, 5.41) is 19.6. The van der Waals surface area contributed by atoms with Crippen LogP contribution < -0.4 is 20.7 Å². The lowest BCUT2D eigenvalue weighted by Gasteiger charge is -2.39. The second-order valence-corrected chi connectivity index (χ2v) is 12.5. The zero-order valence-electron chi connectivity index (χ0n) is 27.3. The van der Waals surface area contributed by atoms with Crippen LogP contribution >= 0.6 is 0 Å². The molecule has 9 heteroatoms. The number of aliphatic hydroxyl groups is 1. The van der Waals surface area contributed by atoms with Crippen molar-refractivity contribution in [3.63, 3.8) is 0 Å². The zero-order valence-corrected chi connectivity index (χ0v) is 27.3. The molecule has 0 saturated carbocycles. The summed E-state index contributed by atoms with van der Waals surface area (Å²) in [5.41, 5.74) is 2.20. The average molecular weight is 609 g/mol. The van der Waals surface area contributed by atoms with E-state index in [1.54, 1.807) is 0 Å². The lowest BCUT2D eigenvalue weighted by Crippen LogP contribution is -2.62. The fraction of sp³-hybridized carbons (Fsp3) is 0.571. The number of carbonyl (C=O) groups excluding carboxylic acids is 3. The van der Waals surface area contributed by atoms with E-state index >= 15 is 0 Å². The lowest BCUT2D eigenvalue weighted by atomic mass is 9.92. The maximum atomic E-state index is 13.7. The third-order valence-corrected chi connectivity index (χ3v) is 8.51. The third-order valence-electron chi connectivity index (χ3n) is 8.51. The third kappa shape index (κ3) is 9.79. The van der Waals surface area contributed by atoms with Gasteiger partial charge < -0.3 is 30.7 Å². The molecule has 9 nitrogen and oxygen atoms in total. The first-order valence-corrected chi connectivity index (χ1v) is 16.0. The van der Waals surface area contributed by atoms with Gasteiger partial charge in [-0.1, -0.05) is 75.7 Å². The number of amides is 3. The number of benzene rings is 2. The van der Waals surface area contributed by atoms with Gasteiger partial charge in [0.2, 0.25) is 17.7 Å². The molecule has 0 aromatic heterocycles. The summed E-state index contributed by atoms with van der Waals surface area (Å²) in [6, 6.07) is 14.9. The molecule has 4 unspecified atom stereocenters. The summed E-state index contributed by atoms with van der Waals surface area (Å²) in [6.07, 6.45) is 5.05. The Hall–Kier alpha value is -3.43. The van der Waals surface area contributed by atoms with Crippen molar-refractivity contribution in [2.75, 3.05) is 26.7 Å². The molecule has 4 rings (SSSR count). The first kappa shape index (κ1) is 35.1. The predicted octanol–water partition coefficient (Wildman–Crippen LogP) is 3.41. The maximum absolute atomic E-state index is 13.7. The zero-order chi connectivity index (χ0) is 32.3. The number of nitrogens with zero attached hydrogens (tertiary/aromatic N) is 1. The quantitative estimate of drug-likeness (QED) is 0.423. The van der Waals surface area contributed by atoms with E-state index in [1.165, 1.54) is 36.9 Å². The van der Waals surface area contributed by atoms with E-state index in [0.29, 0.717) is 13.1 Å². The van der Waals surface area contributed by atoms with E-state index in [1.807, 2.05) is 26.0 Å². The van der Waals surface area contributed by atoms with Gasteiger partial charge in [0.05, 0.1) is 18.2 Å². The van der Waals surface area contributed by atoms with Gasteiger partial charge in [-0.3, -0.25) is 14.4 Å². The molecule has 0 radical (unpaired) electrons. The molecule has 0 aliphatic carbocycles. The second-order valence-electron chi connectivity index (χ2n) is 12.5. The van der Waals surface area contributed by atoms with Crippen molar-refractivity contribution < 1.29 is 24.2 Å². The molecule has 2 heterocycles. The van der Waals surface area contributed by atoms with E-state index < -0.39 is 23.6 Å². The van der Waals surface area contributed by atoms with Crippen LogP contribution in [0.25, 0.3) is 0 Å². The van der Waals surface area contributed by atoms with E-state index in [-0.39, 0.29) is 30.4 Å². The van der Waals surface area contributed by atoms with Crippen LogP contribution in [0.5, 0.6) is 5.75 Å². The van der Waals surface area contributed by atoms with Gasteiger partial charge in [0.1, 0.15) is 17.9 Å². The van der Waals surface area contributed by atoms with Crippen LogP contribution in [0.2, 0.25) is 0 Å². The maximum Gasteiger partial charge on any atom is 0.246 e. The highest BCUT2D eigenvalue weighted by Crippen LogP contribution is 2.32. The normalized spacial score (nSPS) is 22.7. The molecule has 3 amide bonds. The number of aryl methyl sites for hydroxylation is 3. The number of likely N-dealkylation sites (N-methyl/N-ethyl adjacent to an activating group) is 1. The van der Waals surface area contributed by atoms with Crippen LogP contribution in [-0.2, 0) is 33.6 Å². The molecule has 4 atom stereocenters. The molecule has 242 valence electrons. The van der Waals surface area contributed by atoms with Crippen LogP contribution in [0, 0.1) is 5.92 Å². The van der Waals surface area contributed by atoms with Gasteiger partial charge in [-0.15, -0.1) is 0 Å². The highest BCUT2D eigenvalue weighted by Gasteiger charge is 2.41. The van der Waals surface area contributed by atoms with Crippen molar-refractivity contribution in [1.82, 2.24) is 20.9 Å². The number of ether oxygens (including phenoxy) is 1. The minimum absolute atomic E-state index is 0.00622. The number of hydrogen-bond donors (Lipinski definition) is 4. The summed E-state index contributed by atoms with van der Waals surface area (Å²) in [7, 11) is 1.53. The van der Waals surface area contributed by atoms with Crippen molar-refractivity contribution in [1.29, 1.82) is 0 Å². The highest BCUT2D eigenvalue weighted by molar-refractivity contribution is 5.92. The molecule has 0 saturated heterocycles. The Labute approximate surface area is 263 Å². The molecule has 2 aliphatic heterocycles. The first-order chi connectivity index (χ1) is 21.0. The fourth-order valence-corrected chi connectivity index (χ4v) is 5.76. The summed E-state index contributed by atoms with van der Waals surface area (Å²) in [6.45, 7) is 9.89. The van der Waals surface area contributed by atoms with Gasteiger partial charge in [0, 0.05) is 20.1 Å². The fourth-order valence-electron chi connectivity index (χ4n) is 5.76. The van der Waals surface area contributed by atoms with Crippen molar-refractivity contribution in [2.45, 2.75) is 96.9 Å². The molecule has 44 heavy (non-hydrogen) atoms. The van der Waals surface area contributed by atoms with Crippen LogP contribution in [0.15, 0.2) is 48.5 Å². The van der Waals surface area contributed by atoms with Crippen molar-refractivity contribution in [3.05, 3.63) is 65.2 Å². The monoisotopic (exact) mass is 608 g/mol. The summed E-state index contributed by atoms with van der Waals surface area (Å²) >= 11 is 0. The van der Waals surface area contributed by atoms with E-state index in [9.17, 15) is 19.5 Å². The molecule has 2 bridgehead atoms. The van der Waals surface area contributed by atoms with Crippen LogP contribution in [-0.4, -0.2) is 78.2 Å². The Balaban J connectivity index is 0.000000572. The molecule has 4 N–H and O–H groups in total. The Bertz CT molecular complexity index is 1230. The van der Waals surface area contributed by atoms with E-state index in [4.69, 9.17) is 4.74 Å². The smallest absolute Gasteiger partial charge is 0.246 e. The predicted molar refractivity (Wildman–Crippen MR) is 173 cm³/mol. The molecule has 2 aromatic carbocycles. The van der Waals surface area contributed by atoms with Crippen molar-refractivity contribution in [2.24, 2.45) is 5.92 Å². The molecule has 2 aromatic rings. The Morgan fingerprint density at radius 3 is 2.30 bits per heavy atom. The topological polar surface area (TPSA) is 120 Å². The minimum Gasteiger partial charge on any atom is -0.489 e. The Kier molecular flexibility index (Phi) is 13.2. The number of para-hydroxylation sites is 1. The average Bonchev–Trinajstić information content (AvgIpc) is 3.01. The Morgan fingerprint density at radius 2 is 1.68 bits per heavy atom. The molecule has 0 spiro atoms. The first-order valence-electron chi connectivity index (χ1n) is 16.0. The van der Waals surface area contributed by atoms with Crippen LogP contribution in [0.4, 0.5) is 0 Å². The van der Waals surface area contributed by atoms with Crippen LogP contribution in [0.3, 0.4) is 0 Å². The van der Waals surface area contributed by atoms with Crippen LogP contribution in [0.1, 0.15) is 70.6 Å². The van der Waals surface area contributed by atoms with Gasteiger partial charge in [0.15, 0.2) is 0 Å². The number of rotatable bonds is 4. The van der Waals surface area contributed by atoms with Gasteiger partial charge in [-0.25, -0.2) is 0 Å².